The monoisotopic (exact) mass is 364 g/mol. The predicted molar refractivity (Wildman–Crippen MR) is 109 cm³/mol. The van der Waals surface area contributed by atoms with E-state index in [1.54, 1.807) is 0 Å². The van der Waals surface area contributed by atoms with Gasteiger partial charge in [0.2, 0.25) is 5.95 Å². The van der Waals surface area contributed by atoms with Crippen LogP contribution in [0, 0.1) is 0 Å². The van der Waals surface area contributed by atoms with Crippen molar-refractivity contribution in [3.63, 3.8) is 0 Å². The quantitative estimate of drug-likeness (QED) is 0.669. The van der Waals surface area contributed by atoms with Crippen LogP contribution in [0.25, 0.3) is 5.65 Å². The zero-order valence-electron chi connectivity index (χ0n) is 16.2. The average Bonchev–Trinajstić information content (AvgIpc) is 3.12. The third kappa shape index (κ3) is 4.04. The van der Waals surface area contributed by atoms with Gasteiger partial charge in [0.25, 0.3) is 0 Å². The van der Waals surface area contributed by atoms with Crippen molar-refractivity contribution in [1.29, 1.82) is 0 Å². The van der Waals surface area contributed by atoms with Gasteiger partial charge in [-0.05, 0) is 24.3 Å². The molecule has 1 fully saturated rings. The first-order valence-corrected chi connectivity index (χ1v) is 10.0. The number of hydrogen-bond acceptors (Lipinski definition) is 5. The van der Waals surface area contributed by atoms with Gasteiger partial charge in [-0.25, -0.2) is 9.50 Å². The van der Waals surface area contributed by atoms with Crippen molar-refractivity contribution in [2.45, 2.75) is 64.5 Å². The largest absolute Gasteiger partial charge is 0.363 e. The summed E-state index contributed by atoms with van der Waals surface area (Å²) in [5.74, 6) is 1.81. The fraction of sp³-hybridized carbons (Fsp3) is 0.476. The normalized spacial score (nSPS) is 15.4. The zero-order valence-corrected chi connectivity index (χ0v) is 16.2. The molecule has 4 rings (SSSR count). The third-order valence-electron chi connectivity index (χ3n) is 5.22. The van der Waals surface area contributed by atoms with Gasteiger partial charge in [-0.1, -0.05) is 63.4 Å². The Morgan fingerprint density at radius 3 is 2.63 bits per heavy atom. The number of benzene rings is 1. The molecule has 0 amide bonds. The van der Waals surface area contributed by atoms with Crippen LogP contribution in [0.1, 0.15) is 63.1 Å². The maximum atomic E-state index is 4.77. The number of imidazole rings is 1. The van der Waals surface area contributed by atoms with E-state index in [9.17, 15) is 0 Å². The average molecular weight is 364 g/mol. The Morgan fingerprint density at radius 2 is 1.89 bits per heavy atom. The van der Waals surface area contributed by atoms with E-state index in [2.05, 4.69) is 53.7 Å². The van der Waals surface area contributed by atoms with Gasteiger partial charge in [0, 0.05) is 12.6 Å². The molecule has 1 aliphatic rings. The highest BCUT2D eigenvalue weighted by molar-refractivity contribution is 5.64. The molecule has 1 aliphatic carbocycles. The van der Waals surface area contributed by atoms with Crippen LogP contribution >= 0.6 is 0 Å². The molecule has 3 aromatic rings. The summed E-state index contributed by atoms with van der Waals surface area (Å²) in [6, 6.07) is 10.8. The summed E-state index contributed by atoms with van der Waals surface area (Å²) in [7, 11) is 0. The van der Waals surface area contributed by atoms with Crippen LogP contribution in [0.15, 0.2) is 36.5 Å². The Balaban J connectivity index is 1.64. The molecule has 2 heterocycles. The second kappa shape index (κ2) is 7.94. The van der Waals surface area contributed by atoms with Crippen molar-refractivity contribution < 1.29 is 0 Å². The lowest BCUT2D eigenvalue weighted by Crippen LogP contribution is -2.24. The molecular weight excluding hydrogens is 336 g/mol. The van der Waals surface area contributed by atoms with Gasteiger partial charge in [-0.15, -0.1) is 5.10 Å². The van der Waals surface area contributed by atoms with Crippen molar-refractivity contribution in [1.82, 2.24) is 19.6 Å². The van der Waals surface area contributed by atoms with Gasteiger partial charge in [0.05, 0.1) is 11.9 Å². The fourth-order valence-corrected chi connectivity index (χ4v) is 3.68. The third-order valence-corrected chi connectivity index (χ3v) is 5.22. The Kier molecular flexibility index (Phi) is 5.23. The van der Waals surface area contributed by atoms with Crippen LogP contribution in [0.3, 0.4) is 0 Å². The molecule has 0 aliphatic heterocycles. The summed E-state index contributed by atoms with van der Waals surface area (Å²) in [5, 5.41) is 11.8. The molecule has 6 heteroatoms. The highest BCUT2D eigenvalue weighted by atomic mass is 15.4. The maximum Gasteiger partial charge on any atom is 0.243 e. The molecule has 0 spiro atoms. The molecule has 2 aromatic heterocycles. The first-order chi connectivity index (χ1) is 13.2. The van der Waals surface area contributed by atoms with Gasteiger partial charge in [0.15, 0.2) is 11.5 Å². The van der Waals surface area contributed by atoms with Crippen molar-refractivity contribution in [3.8, 4) is 0 Å². The van der Waals surface area contributed by atoms with E-state index < -0.39 is 0 Å². The van der Waals surface area contributed by atoms with Crippen LogP contribution in [-0.2, 0) is 6.54 Å². The number of nitrogens with zero attached hydrogens (tertiary/aromatic N) is 4. The second-order valence-electron chi connectivity index (χ2n) is 7.68. The maximum absolute atomic E-state index is 4.77. The van der Waals surface area contributed by atoms with E-state index in [1.165, 1.54) is 37.7 Å². The molecular formula is C21H28N6. The highest BCUT2D eigenvalue weighted by Gasteiger charge is 2.18. The second-order valence-corrected chi connectivity index (χ2v) is 7.68. The zero-order chi connectivity index (χ0) is 18.6. The molecule has 6 nitrogen and oxygen atoms in total. The van der Waals surface area contributed by atoms with Crippen molar-refractivity contribution >= 4 is 17.4 Å². The Hall–Kier alpha value is -2.63. The molecule has 1 aromatic carbocycles. The number of aromatic nitrogens is 4. The summed E-state index contributed by atoms with van der Waals surface area (Å²) in [5.41, 5.74) is 3.09. The minimum Gasteiger partial charge on any atom is -0.363 e. The van der Waals surface area contributed by atoms with Crippen LogP contribution < -0.4 is 10.6 Å². The van der Waals surface area contributed by atoms with E-state index in [4.69, 9.17) is 10.1 Å². The van der Waals surface area contributed by atoms with Crippen LogP contribution in [-0.4, -0.2) is 25.6 Å². The van der Waals surface area contributed by atoms with Gasteiger partial charge in [-0.2, -0.15) is 4.98 Å². The summed E-state index contributed by atoms with van der Waals surface area (Å²) in [6.07, 6.45) is 8.18. The van der Waals surface area contributed by atoms with E-state index in [0.29, 0.717) is 24.5 Å². The molecule has 0 radical (unpaired) electrons. The first-order valence-electron chi connectivity index (χ1n) is 10.0. The van der Waals surface area contributed by atoms with Crippen molar-refractivity contribution in [2.24, 2.45) is 0 Å². The first kappa shape index (κ1) is 17.8. The molecule has 27 heavy (non-hydrogen) atoms. The van der Waals surface area contributed by atoms with Crippen molar-refractivity contribution in [3.05, 3.63) is 47.8 Å². The van der Waals surface area contributed by atoms with Gasteiger partial charge in [-0.3, -0.25) is 0 Å². The van der Waals surface area contributed by atoms with E-state index in [-0.39, 0.29) is 0 Å². The molecule has 0 bridgehead atoms. The molecule has 1 saturated carbocycles. The van der Waals surface area contributed by atoms with Gasteiger partial charge < -0.3 is 10.6 Å². The topological polar surface area (TPSA) is 67.1 Å². The van der Waals surface area contributed by atoms with Gasteiger partial charge in [0.1, 0.15) is 0 Å². The Morgan fingerprint density at radius 1 is 1.11 bits per heavy atom. The Labute approximate surface area is 160 Å². The fourth-order valence-electron chi connectivity index (χ4n) is 3.68. The summed E-state index contributed by atoms with van der Waals surface area (Å²) < 4.78 is 1.94. The molecule has 0 saturated heterocycles. The van der Waals surface area contributed by atoms with Crippen LogP contribution in [0.5, 0.6) is 0 Å². The summed E-state index contributed by atoms with van der Waals surface area (Å²) in [4.78, 5) is 9.35. The lowest BCUT2D eigenvalue weighted by atomic mass is 9.96. The van der Waals surface area contributed by atoms with Crippen LogP contribution in [0.4, 0.5) is 11.8 Å². The highest BCUT2D eigenvalue weighted by Crippen LogP contribution is 2.24. The van der Waals surface area contributed by atoms with E-state index in [1.807, 2.05) is 16.8 Å². The minimum atomic E-state index is 0.347. The number of hydrogen-bond donors (Lipinski definition) is 2. The lowest BCUT2D eigenvalue weighted by molar-refractivity contribution is 0.460. The predicted octanol–water partition coefficient (Wildman–Crippen LogP) is 4.60. The SMILES string of the molecule is CC(C)c1cnc2c(NCc3ccccc3)nc(NC3CCCCC3)nn12. The number of rotatable bonds is 6. The van der Waals surface area contributed by atoms with Gasteiger partial charge >= 0.3 is 0 Å². The smallest absolute Gasteiger partial charge is 0.243 e. The molecule has 142 valence electrons. The summed E-state index contributed by atoms with van der Waals surface area (Å²) >= 11 is 0. The minimum absolute atomic E-state index is 0.347. The van der Waals surface area contributed by atoms with E-state index >= 15 is 0 Å². The molecule has 2 N–H and O–H groups in total. The van der Waals surface area contributed by atoms with E-state index in [0.717, 1.165) is 17.2 Å². The lowest BCUT2D eigenvalue weighted by Gasteiger charge is -2.23. The number of nitrogens with one attached hydrogen (secondary N) is 2. The summed E-state index contributed by atoms with van der Waals surface area (Å²) in [6.45, 7) is 5.04. The standard InChI is InChI=1S/C21H28N6/c1-15(2)18-14-23-20-19(22-13-16-9-5-3-6-10-16)25-21(26-27(18)20)24-17-11-7-4-8-12-17/h3,5-6,9-10,14-15,17H,4,7-8,11-13H2,1-2H3,(H2,22,24,25,26). The molecule has 0 atom stereocenters. The Bertz CT molecular complexity index is 880. The number of fused-ring (bicyclic) bond motifs is 1. The van der Waals surface area contributed by atoms with Crippen molar-refractivity contribution in [2.75, 3.05) is 10.6 Å². The number of anilines is 2. The van der Waals surface area contributed by atoms with Crippen LogP contribution in [0.2, 0.25) is 0 Å². The molecule has 0 unspecified atom stereocenters.